The quantitative estimate of drug-likeness (QED) is 0.839. The molecule has 1 aromatic carbocycles. The molecule has 0 radical (unpaired) electrons. The molecule has 1 aliphatic carbocycles. The second kappa shape index (κ2) is 7.65. The molecular formula is C17H27NO2. The molecule has 3 heteroatoms. The lowest BCUT2D eigenvalue weighted by molar-refractivity contribution is 0.175. The molecule has 112 valence electrons. The molecule has 0 heterocycles. The predicted molar refractivity (Wildman–Crippen MR) is 81.9 cm³/mol. The van der Waals surface area contributed by atoms with Gasteiger partial charge < -0.3 is 15.2 Å². The lowest BCUT2D eigenvalue weighted by atomic mass is 9.86. The third-order valence-electron chi connectivity index (χ3n) is 3.97. The Hall–Kier alpha value is -1.06. The van der Waals surface area contributed by atoms with Gasteiger partial charge in [0.15, 0.2) is 0 Å². The highest BCUT2D eigenvalue weighted by Crippen LogP contribution is 2.24. The minimum absolute atomic E-state index is 0.215. The van der Waals surface area contributed by atoms with Crippen LogP contribution in [0.5, 0.6) is 5.75 Å². The molecule has 1 aliphatic rings. The molecule has 3 nitrogen and oxygen atoms in total. The van der Waals surface area contributed by atoms with Gasteiger partial charge in [0, 0.05) is 19.2 Å². The van der Waals surface area contributed by atoms with Crippen LogP contribution in [0, 0.1) is 5.92 Å². The lowest BCUT2D eigenvalue weighted by Crippen LogP contribution is -2.33. The normalized spacial score (nSPS) is 23.0. The van der Waals surface area contributed by atoms with Crippen molar-refractivity contribution in [2.45, 2.75) is 58.2 Å². The van der Waals surface area contributed by atoms with Crippen LogP contribution in [0.3, 0.4) is 0 Å². The fourth-order valence-electron chi connectivity index (χ4n) is 2.81. The van der Waals surface area contributed by atoms with Crippen LogP contribution in [0.1, 0.15) is 45.1 Å². The molecule has 1 aromatic rings. The molecule has 0 amide bonds. The van der Waals surface area contributed by atoms with Gasteiger partial charge >= 0.3 is 0 Å². The maximum Gasteiger partial charge on any atom is 0.120 e. The maximum atomic E-state index is 9.15. The zero-order valence-electron chi connectivity index (χ0n) is 12.6. The SMILES string of the molecule is CC(C)Oc1cccc(CNC2CCC(CO)CC2)c1. The summed E-state index contributed by atoms with van der Waals surface area (Å²) >= 11 is 0. The summed E-state index contributed by atoms with van der Waals surface area (Å²) in [7, 11) is 0. The smallest absolute Gasteiger partial charge is 0.120 e. The fraction of sp³-hybridized carbons (Fsp3) is 0.647. The molecule has 0 atom stereocenters. The number of nitrogens with one attached hydrogen (secondary N) is 1. The highest BCUT2D eigenvalue weighted by atomic mass is 16.5. The molecule has 1 fully saturated rings. The second-order valence-corrected chi connectivity index (χ2v) is 6.10. The molecule has 0 spiro atoms. The van der Waals surface area contributed by atoms with Crippen LogP contribution in [0.25, 0.3) is 0 Å². The van der Waals surface area contributed by atoms with Gasteiger partial charge in [-0.25, -0.2) is 0 Å². The summed E-state index contributed by atoms with van der Waals surface area (Å²) in [6.07, 6.45) is 4.85. The van der Waals surface area contributed by atoms with Gasteiger partial charge in [-0.1, -0.05) is 12.1 Å². The summed E-state index contributed by atoms with van der Waals surface area (Å²) in [5.41, 5.74) is 1.27. The van der Waals surface area contributed by atoms with E-state index in [1.54, 1.807) is 0 Å². The van der Waals surface area contributed by atoms with Crippen molar-refractivity contribution < 1.29 is 9.84 Å². The van der Waals surface area contributed by atoms with E-state index in [-0.39, 0.29) is 6.10 Å². The number of hydrogen-bond donors (Lipinski definition) is 2. The number of ether oxygens (including phenoxy) is 1. The van der Waals surface area contributed by atoms with E-state index in [4.69, 9.17) is 9.84 Å². The first-order valence-corrected chi connectivity index (χ1v) is 7.77. The number of aliphatic hydroxyl groups excluding tert-OH is 1. The Kier molecular flexibility index (Phi) is 5.86. The molecule has 1 saturated carbocycles. The van der Waals surface area contributed by atoms with E-state index in [2.05, 4.69) is 23.5 Å². The first-order chi connectivity index (χ1) is 9.67. The largest absolute Gasteiger partial charge is 0.491 e. The van der Waals surface area contributed by atoms with Crippen LogP contribution in [0.15, 0.2) is 24.3 Å². The topological polar surface area (TPSA) is 41.5 Å². The Morgan fingerprint density at radius 2 is 2.00 bits per heavy atom. The summed E-state index contributed by atoms with van der Waals surface area (Å²) in [5, 5.41) is 12.8. The molecule has 0 saturated heterocycles. The number of hydrogen-bond acceptors (Lipinski definition) is 3. The van der Waals surface area contributed by atoms with E-state index < -0.39 is 0 Å². The van der Waals surface area contributed by atoms with Gasteiger partial charge in [-0.2, -0.15) is 0 Å². The van der Waals surface area contributed by atoms with Gasteiger partial charge in [0.05, 0.1) is 6.10 Å². The minimum atomic E-state index is 0.215. The van der Waals surface area contributed by atoms with Crippen molar-refractivity contribution >= 4 is 0 Å². The first kappa shape index (κ1) is 15.3. The van der Waals surface area contributed by atoms with Crippen molar-refractivity contribution in [1.29, 1.82) is 0 Å². The molecular weight excluding hydrogens is 250 g/mol. The van der Waals surface area contributed by atoms with Crippen molar-refractivity contribution in [3.63, 3.8) is 0 Å². The Bertz CT molecular complexity index is 398. The van der Waals surface area contributed by atoms with Gasteiger partial charge in [0.2, 0.25) is 0 Å². The highest BCUT2D eigenvalue weighted by molar-refractivity contribution is 5.28. The van der Waals surface area contributed by atoms with E-state index in [0.29, 0.717) is 18.6 Å². The average Bonchev–Trinajstić information content (AvgIpc) is 2.45. The number of benzene rings is 1. The van der Waals surface area contributed by atoms with E-state index in [0.717, 1.165) is 25.1 Å². The van der Waals surface area contributed by atoms with E-state index >= 15 is 0 Å². The molecule has 2 N–H and O–H groups in total. The summed E-state index contributed by atoms with van der Waals surface area (Å²) in [4.78, 5) is 0. The van der Waals surface area contributed by atoms with Crippen LogP contribution in [0.4, 0.5) is 0 Å². The fourth-order valence-corrected chi connectivity index (χ4v) is 2.81. The van der Waals surface area contributed by atoms with Crippen LogP contribution in [-0.2, 0) is 6.54 Å². The van der Waals surface area contributed by atoms with Crippen LogP contribution in [0.2, 0.25) is 0 Å². The van der Waals surface area contributed by atoms with Crippen LogP contribution >= 0.6 is 0 Å². The number of aliphatic hydroxyl groups is 1. The summed E-state index contributed by atoms with van der Waals surface area (Å²) < 4.78 is 5.72. The second-order valence-electron chi connectivity index (χ2n) is 6.10. The van der Waals surface area contributed by atoms with Gasteiger partial charge in [-0.05, 0) is 63.1 Å². The molecule has 20 heavy (non-hydrogen) atoms. The zero-order valence-corrected chi connectivity index (χ0v) is 12.6. The van der Waals surface area contributed by atoms with E-state index in [9.17, 15) is 0 Å². The monoisotopic (exact) mass is 277 g/mol. The molecule has 0 unspecified atom stereocenters. The molecule has 0 bridgehead atoms. The van der Waals surface area contributed by atoms with Crippen molar-refractivity contribution in [2.75, 3.05) is 6.61 Å². The Balaban J connectivity index is 1.79. The van der Waals surface area contributed by atoms with Crippen molar-refractivity contribution in [2.24, 2.45) is 5.92 Å². The standard InChI is InChI=1S/C17H27NO2/c1-13(2)20-17-5-3-4-15(10-17)11-18-16-8-6-14(12-19)7-9-16/h3-5,10,13-14,16,18-19H,6-9,11-12H2,1-2H3. The van der Waals surface area contributed by atoms with Crippen molar-refractivity contribution in [1.82, 2.24) is 5.32 Å². The number of rotatable bonds is 6. The highest BCUT2D eigenvalue weighted by Gasteiger charge is 2.19. The van der Waals surface area contributed by atoms with E-state index in [1.165, 1.54) is 18.4 Å². The molecule has 0 aromatic heterocycles. The van der Waals surface area contributed by atoms with Gasteiger partial charge in [0.1, 0.15) is 5.75 Å². The predicted octanol–water partition coefficient (Wildman–Crippen LogP) is 3.11. The minimum Gasteiger partial charge on any atom is -0.491 e. The van der Waals surface area contributed by atoms with Crippen LogP contribution in [-0.4, -0.2) is 23.9 Å². The lowest BCUT2D eigenvalue weighted by Gasteiger charge is -2.28. The zero-order chi connectivity index (χ0) is 14.4. The van der Waals surface area contributed by atoms with Crippen molar-refractivity contribution in [3.8, 4) is 5.75 Å². The average molecular weight is 277 g/mol. The third-order valence-corrected chi connectivity index (χ3v) is 3.97. The summed E-state index contributed by atoms with van der Waals surface area (Å²) in [6.45, 7) is 5.33. The van der Waals surface area contributed by atoms with E-state index in [1.807, 2.05) is 19.9 Å². The molecule has 0 aliphatic heterocycles. The molecule has 2 rings (SSSR count). The van der Waals surface area contributed by atoms with Gasteiger partial charge in [-0.3, -0.25) is 0 Å². The first-order valence-electron chi connectivity index (χ1n) is 7.77. The third kappa shape index (κ3) is 4.80. The maximum absolute atomic E-state index is 9.15. The summed E-state index contributed by atoms with van der Waals surface area (Å²) in [6, 6.07) is 8.91. The Labute approximate surface area is 122 Å². The summed E-state index contributed by atoms with van der Waals surface area (Å²) in [5.74, 6) is 1.47. The van der Waals surface area contributed by atoms with Crippen molar-refractivity contribution in [3.05, 3.63) is 29.8 Å². The van der Waals surface area contributed by atoms with Gasteiger partial charge in [0.25, 0.3) is 0 Å². The van der Waals surface area contributed by atoms with Crippen LogP contribution < -0.4 is 10.1 Å². The Morgan fingerprint density at radius 1 is 1.25 bits per heavy atom. The van der Waals surface area contributed by atoms with Gasteiger partial charge in [-0.15, -0.1) is 0 Å². The Morgan fingerprint density at radius 3 is 2.65 bits per heavy atom.